The first-order valence-corrected chi connectivity index (χ1v) is 4.55. The van der Waals surface area contributed by atoms with Gasteiger partial charge < -0.3 is 9.84 Å². The predicted molar refractivity (Wildman–Crippen MR) is 49.9 cm³/mol. The molecular formula is C9H13N3O2. The van der Waals surface area contributed by atoms with E-state index in [4.69, 9.17) is 9.84 Å². The van der Waals surface area contributed by atoms with E-state index >= 15 is 0 Å². The molecule has 0 spiro atoms. The molecule has 0 aliphatic carbocycles. The molecule has 1 aliphatic heterocycles. The van der Waals surface area contributed by atoms with Crippen molar-refractivity contribution < 1.29 is 9.84 Å². The number of hydrogen-bond donors (Lipinski definition) is 1. The summed E-state index contributed by atoms with van der Waals surface area (Å²) in [5.74, 6) is 0.525. The largest absolute Gasteiger partial charge is 0.480 e. The summed E-state index contributed by atoms with van der Waals surface area (Å²) in [7, 11) is 1.56. The number of hydrogen-bond acceptors (Lipinski definition) is 5. The van der Waals surface area contributed by atoms with Gasteiger partial charge in [0.1, 0.15) is 0 Å². The lowest BCUT2D eigenvalue weighted by molar-refractivity contribution is -0.00370. The van der Waals surface area contributed by atoms with Crippen LogP contribution in [0.2, 0.25) is 0 Å². The molecule has 0 aromatic carbocycles. The summed E-state index contributed by atoms with van der Waals surface area (Å²) in [6, 6.07) is 3.68. The van der Waals surface area contributed by atoms with E-state index in [9.17, 15) is 0 Å². The van der Waals surface area contributed by atoms with Crippen molar-refractivity contribution in [1.82, 2.24) is 15.1 Å². The van der Waals surface area contributed by atoms with Crippen molar-refractivity contribution in [2.45, 2.75) is 12.6 Å². The van der Waals surface area contributed by atoms with Gasteiger partial charge in [-0.15, -0.1) is 5.10 Å². The van der Waals surface area contributed by atoms with Crippen LogP contribution in [0, 0.1) is 0 Å². The highest BCUT2D eigenvalue weighted by atomic mass is 16.5. The highest BCUT2D eigenvalue weighted by Crippen LogP contribution is 2.12. The van der Waals surface area contributed by atoms with E-state index < -0.39 is 0 Å². The zero-order valence-corrected chi connectivity index (χ0v) is 8.05. The summed E-state index contributed by atoms with van der Waals surface area (Å²) in [5, 5.41) is 16.9. The molecule has 0 atom stereocenters. The summed E-state index contributed by atoms with van der Waals surface area (Å²) in [4.78, 5) is 2.11. The van der Waals surface area contributed by atoms with Gasteiger partial charge in [-0.3, -0.25) is 4.90 Å². The van der Waals surface area contributed by atoms with Gasteiger partial charge in [0.15, 0.2) is 0 Å². The molecule has 1 aromatic rings. The standard InChI is InChI=1S/C9H13N3O2/c1-14-9-3-2-7(10-11-9)4-12-5-8(13)6-12/h2-3,8,13H,4-6H2,1H3. The Bertz CT molecular complexity index is 295. The fraction of sp³-hybridized carbons (Fsp3) is 0.556. The summed E-state index contributed by atoms with van der Waals surface area (Å²) in [6.07, 6.45) is -0.166. The molecule has 1 fully saturated rings. The predicted octanol–water partition coefficient (Wildman–Crippen LogP) is -0.338. The molecule has 2 heterocycles. The second-order valence-electron chi connectivity index (χ2n) is 3.41. The zero-order valence-electron chi connectivity index (χ0n) is 8.05. The lowest BCUT2D eigenvalue weighted by Gasteiger charge is -2.35. The Morgan fingerprint density at radius 1 is 1.50 bits per heavy atom. The van der Waals surface area contributed by atoms with Crippen LogP contribution in [0.25, 0.3) is 0 Å². The summed E-state index contributed by atoms with van der Waals surface area (Å²) in [6.45, 7) is 2.20. The van der Waals surface area contributed by atoms with Gasteiger partial charge in [-0.2, -0.15) is 5.10 Å². The third-order valence-electron chi connectivity index (χ3n) is 2.23. The van der Waals surface area contributed by atoms with Gasteiger partial charge >= 0.3 is 0 Å². The van der Waals surface area contributed by atoms with Crippen molar-refractivity contribution in [2.24, 2.45) is 0 Å². The van der Waals surface area contributed by atoms with Crippen LogP contribution in [-0.4, -0.2) is 46.5 Å². The Balaban J connectivity index is 1.90. The fourth-order valence-electron chi connectivity index (χ4n) is 1.44. The first kappa shape index (κ1) is 9.36. The number of aliphatic hydroxyl groups is 1. The molecule has 0 radical (unpaired) electrons. The SMILES string of the molecule is COc1ccc(CN2CC(O)C2)nn1. The monoisotopic (exact) mass is 195 g/mol. The number of rotatable bonds is 3. The molecular weight excluding hydrogens is 182 g/mol. The summed E-state index contributed by atoms with van der Waals surface area (Å²) < 4.78 is 4.90. The fourth-order valence-corrected chi connectivity index (χ4v) is 1.44. The van der Waals surface area contributed by atoms with Gasteiger partial charge in [0.25, 0.3) is 0 Å². The minimum atomic E-state index is -0.166. The van der Waals surface area contributed by atoms with Crippen molar-refractivity contribution in [3.63, 3.8) is 0 Å². The van der Waals surface area contributed by atoms with Crippen LogP contribution in [0.5, 0.6) is 5.88 Å². The number of methoxy groups -OCH3 is 1. The number of aromatic nitrogens is 2. The second-order valence-corrected chi connectivity index (χ2v) is 3.41. The maximum Gasteiger partial charge on any atom is 0.233 e. The Morgan fingerprint density at radius 3 is 2.79 bits per heavy atom. The first-order valence-electron chi connectivity index (χ1n) is 4.55. The van der Waals surface area contributed by atoms with E-state index in [-0.39, 0.29) is 6.10 Å². The third-order valence-corrected chi connectivity index (χ3v) is 2.23. The van der Waals surface area contributed by atoms with Gasteiger partial charge in [0, 0.05) is 25.7 Å². The van der Waals surface area contributed by atoms with Gasteiger partial charge in [0.2, 0.25) is 5.88 Å². The molecule has 0 amide bonds. The smallest absolute Gasteiger partial charge is 0.233 e. The van der Waals surface area contributed by atoms with Crippen molar-refractivity contribution in [3.8, 4) is 5.88 Å². The van der Waals surface area contributed by atoms with Gasteiger partial charge in [-0.05, 0) is 6.07 Å². The van der Waals surface area contributed by atoms with Gasteiger partial charge in [-0.25, -0.2) is 0 Å². The Morgan fingerprint density at radius 2 is 2.29 bits per heavy atom. The van der Waals surface area contributed by atoms with Crippen LogP contribution in [0.4, 0.5) is 0 Å². The average molecular weight is 195 g/mol. The highest BCUT2D eigenvalue weighted by molar-refractivity contribution is 5.11. The number of likely N-dealkylation sites (tertiary alicyclic amines) is 1. The Labute approximate surface area is 82.3 Å². The molecule has 76 valence electrons. The number of nitrogens with zero attached hydrogens (tertiary/aromatic N) is 3. The van der Waals surface area contributed by atoms with Gasteiger partial charge in [-0.1, -0.05) is 0 Å². The van der Waals surface area contributed by atoms with E-state index in [1.807, 2.05) is 6.07 Å². The Hall–Kier alpha value is -1.20. The Kier molecular flexibility index (Phi) is 2.60. The lowest BCUT2D eigenvalue weighted by Crippen LogP contribution is -2.49. The average Bonchev–Trinajstić information content (AvgIpc) is 2.17. The molecule has 5 nitrogen and oxygen atoms in total. The number of β-amino-alcohol motifs (C(OH)–C–C–N with tert-alkyl or cyclic N) is 1. The molecule has 1 saturated heterocycles. The molecule has 1 N–H and O–H groups in total. The van der Waals surface area contributed by atoms with Crippen molar-refractivity contribution >= 4 is 0 Å². The van der Waals surface area contributed by atoms with E-state index in [0.29, 0.717) is 5.88 Å². The quantitative estimate of drug-likeness (QED) is 0.715. The first-order chi connectivity index (χ1) is 6.78. The minimum Gasteiger partial charge on any atom is -0.480 e. The summed E-state index contributed by atoms with van der Waals surface area (Å²) in [5.41, 5.74) is 0.901. The van der Waals surface area contributed by atoms with Crippen molar-refractivity contribution in [1.29, 1.82) is 0 Å². The third kappa shape index (κ3) is 2.00. The summed E-state index contributed by atoms with van der Waals surface area (Å²) >= 11 is 0. The molecule has 0 bridgehead atoms. The maximum absolute atomic E-state index is 9.08. The van der Waals surface area contributed by atoms with Gasteiger partial charge in [0.05, 0.1) is 18.9 Å². The van der Waals surface area contributed by atoms with Crippen LogP contribution < -0.4 is 4.74 Å². The van der Waals surface area contributed by atoms with Crippen molar-refractivity contribution in [3.05, 3.63) is 17.8 Å². The lowest BCUT2D eigenvalue weighted by atomic mass is 10.1. The number of aliphatic hydroxyl groups excluding tert-OH is 1. The van der Waals surface area contributed by atoms with Crippen LogP contribution in [0.1, 0.15) is 5.69 Å². The molecule has 0 unspecified atom stereocenters. The van der Waals surface area contributed by atoms with E-state index in [1.54, 1.807) is 13.2 Å². The molecule has 1 aliphatic rings. The van der Waals surface area contributed by atoms with Crippen molar-refractivity contribution in [2.75, 3.05) is 20.2 Å². The zero-order chi connectivity index (χ0) is 9.97. The van der Waals surface area contributed by atoms with Crippen LogP contribution in [0.3, 0.4) is 0 Å². The molecule has 5 heteroatoms. The maximum atomic E-state index is 9.08. The van der Waals surface area contributed by atoms with Crippen LogP contribution in [-0.2, 0) is 6.54 Å². The molecule has 1 aromatic heterocycles. The highest BCUT2D eigenvalue weighted by Gasteiger charge is 2.24. The number of ether oxygens (including phenoxy) is 1. The van der Waals surface area contributed by atoms with E-state index in [0.717, 1.165) is 25.3 Å². The van der Waals surface area contributed by atoms with E-state index in [1.165, 1.54) is 0 Å². The van der Waals surface area contributed by atoms with E-state index in [2.05, 4.69) is 15.1 Å². The van der Waals surface area contributed by atoms with Crippen LogP contribution in [0.15, 0.2) is 12.1 Å². The topological polar surface area (TPSA) is 58.5 Å². The molecule has 0 saturated carbocycles. The molecule has 14 heavy (non-hydrogen) atoms. The molecule has 2 rings (SSSR count). The normalized spacial score (nSPS) is 17.9. The van der Waals surface area contributed by atoms with Crippen LogP contribution >= 0.6 is 0 Å². The minimum absolute atomic E-state index is 0.166. The second kappa shape index (κ2) is 3.89.